The minimum Gasteiger partial charge on any atom is -0.312 e. The molecule has 0 heterocycles. The van der Waals surface area contributed by atoms with Crippen LogP contribution in [0.25, 0.3) is 4.85 Å². The van der Waals surface area contributed by atoms with Crippen LogP contribution in [0.3, 0.4) is 0 Å². The quantitative estimate of drug-likeness (QED) is 0.736. The molecule has 2 fully saturated rings. The number of halogens is 2. The second-order valence-electron chi connectivity index (χ2n) is 6.23. The third-order valence-electron chi connectivity index (χ3n) is 4.88. The van der Waals surface area contributed by atoms with Crippen molar-refractivity contribution >= 4 is 9.84 Å². The molecular formula is C14H21F2NO2S. The van der Waals surface area contributed by atoms with Crippen molar-refractivity contribution < 1.29 is 17.2 Å². The number of nitrogens with zero attached hydrogens (tertiary/aromatic N) is 1. The van der Waals surface area contributed by atoms with E-state index in [1.54, 1.807) is 0 Å². The molecule has 0 aromatic rings. The minimum absolute atomic E-state index is 0.0322. The lowest BCUT2D eigenvalue weighted by atomic mass is 9.71. The van der Waals surface area contributed by atoms with E-state index in [4.69, 9.17) is 6.57 Å². The Morgan fingerprint density at radius 3 is 2.35 bits per heavy atom. The fourth-order valence-electron chi connectivity index (χ4n) is 3.76. The van der Waals surface area contributed by atoms with E-state index in [-0.39, 0.29) is 18.3 Å². The summed E-state index contributed by atoms with van der Waals surface area (Å²) >= 11 is 0. The van der Waals surface area contributed by atoms with Gasteiger partial charge in [0.05, 0.1) is 0 Å². The average molecular weight is 305 g/mol. The van der Waals surface area contributed by atoms with Gasteiger partial charge < -0.3 is 4.85 Å². The molecule has 6 atom stereocenters. The molecule has 0 N–H and O–H groups in total. The summed E-state index contributed by atoms with van der Waals surface area (Å²) in [5.74, 6) is -0.270. The second kappa shape index (κ2) is 5.97. The first kappa shape index (κ1) is 15.7. The van der Waals surface area contributed by atoms with Gasteiger partial charge in [-0.1, -0.05) is 0 Å². The Labute approximate surface area is 119 Å². The van der Waals surface area contributed by atoms with Crippen LogP contribution in [-0.4, -0.2) is 38.3 Å². The lowest BCUT2D eigenvalue weighted by Crippen LogP contribution is -2.42. The van der Waals surface area contributed by atoms with Crippen LogP contribution < -0.4 is 0 Å². The van der Waals surface area contributed by atoms with Gasteiger partial charge in [-0.25, -0.2) is 23.8 Å². The lowest BCUT2D eigenvalue weighted by molar-refractivity contribution is 0.0532. The van der Waals surface area contributed by atoms with E-state index in [0.717, 1.165) is 6.26 Å². The Hall–Kier alpha value is -0.700. The van der Waals surface area contributed by atoms with Crippen molar-refractivity contribution in [1.29, 1.82) is 0 Å². The van der Waals surface area contributed by atoms with Crippen LogP contribution in [0.1, 0.15) is 38.5 Å². The molecule has 3 nitrogen and oxygen atoms in total. The van der Waals surface area contributed by atoms with Crippen LogP contribution in [-0.2, 0) is 9.84 Å². The van der Waals surface area contributed by atoms with Gasteiger partial charge in [0.25, 0.3) is 0 Å². The molecule has 20 heavy (non-hydrogen) atoms. The van der Waals surface area contributed by atoms with Crippen LogP contribution in [0.15, 0.2) is 0 Å². The molecule has 0 aromatic carbocycles. The molecule has 114 valence electrons. The molecule has 0 spiro atoms. The van der Waals surface area contributed by atoms with E-state index in [1.807, 2.05) is 0 Å². The van der Waals surface area contributed by atoms with Gasteiger partial charge in [-0.2, -0.15) is 0 Å². The minimum atomic E-state index is -3.30. The first-order chi connectivity index (χ1) is 9.32. The molecule has 2 aliphatic rings. The fourth-order valence-corrected chi connectivity index (χ4v) is 5.13. The van der Waals surface area contributed by atoms with Crippen LogP contribution in [0.5, 0.6) is 0 Å². The van der Waals surface area contributed by atoms with E-state index in [1.165, 1.54) is 0 Å². The van der Waals surface area contributed by atoms with Crippen molar-refractivity contribution in [3.63, 3.8) is 0 Å². The summed E-state index contributed by atoms with van der Waals surface area (Å²) in [6.07, 6.45) is 1.27. The highest BCUT2D eigenvalue weighted by molar-refractivity contribution is 7.91. The van der Waals surface area contributed by atoms with Gasteiger partial charge in [-0.3, -0.25) is 0 Å². The molecule has 0 aliphatic heterocycles. The maximum Gasteiger partial charge on any atom is 0.240 e. The van der Waals surface area contributed by atoms with Crippen molar-refractivity contribution in [2.45, 2.75) is 62.2 Å². The SMILES string of the molecule is [C-]#[N+]C1CCC(C2CCC(F)CC2F)CC1S(C)(=O)=O. The van der Waals surface area contributed by atoms with Crippen LogP contribution >= 0.6 is 0 Å². The van der Waals surface area contributed by atoms with Gasteiger partial charge in [-0.15, -0.1) is 0 Å². The molecule has 2 aliphatic carbocycles. The van der Waals surface area contributed by atoms with E-state index >= 15 is 0 Å². The number of alkyl halides is 2. The second-order valence-corrected chi connectivity index (χ2v) is 8.49. The Morgan fingerprint density at radius 2 is 1.80 bits per heavy atom. The average Bonchev–Trinajstić information content (AvgIpc) is 2.37. The zero-order chi connectivity index (χ0) is 14.9. The topological polar surface area (TPSA) is 38.5 Å². The van der Waals surface area contributed by atoms with Crippen molar-refractivity contribution in [1.82, 2.24) is 0 Å². The van der Waals surface area contributed by atoms with E-state index in [0.29, 0.717) is 32.1 Å². The van der Waals surface area contributed by atoms with Crippen LogP contribution in [0.4, 0.5) is 8.78 Å². The predicted octanol–water partition coefficient (Wildman–Crippen LogP) is 2.96. The first-order valence-corrected chi connectivity index (χ1v) is 9.12. The van der Waals surface area contributed by atoms with Crippen molar-refractivity contribution in [3.05, 3.63) is 11.4 Å². The van der Waals surface area contributed by atoms with Crippen molar-refractivity contribution in [3.8, 4) is 0 Å². The highest BCUT2D eigenvalue weighted by Crippen LogP contribution is 2.42. The van der Waals surface area contributed by atoms with Crippen molar-refractivity contribution in [2.24, 2.45) is 11.8 Å². The summed E-state index contributed by atoms with van der Waals surface area (Å²) < 4.78 is 50.9. The Bertz CT molecular complexity index is 488. The van der Waals surface area contributed by atoms with Crippen LogP contribution in [0, 0.1) is 18.4 Å². The molecule has 0 saturated heterocycles. The smallest absolute Gasteiger partial charge is 0.240 e. The van der Waals surface area contributed by atoms with E-state index in [2.05, 4.69) is 4.85 Å². The molecule has 2 rings (SSSR count). The Kier molecular flexibility index (Phi) is 4.68. The summed E-state index contributed by atoms with van der Waals surface area (Å²) in [5, 5.41) is -0.686. The van der Waals surface area contributed by atoms with Gasteiger partial charge in [-0.05, 0) is 37.5 Å². The number of hydrogen-bond acceptors (Lipinski definition) is 2. The molecule has 0 amide bonds. The summed E-state index contributed by atoms with van der Waals surface area (Å²) in [7, 11) is -3.30. The van der Waals surface area contributed by atoms with E-state index < -0.39 is 33.5 Å². The van der Waals surface area contributed by atoms with Crippen molar-refractivity contribution in [2.75, 3.05) is 6.26 Å². The Balaban J connectivity index is 2.10. The largest absolute Gasteiger partial charge is 0.312 e. The standard InChI is InChI=1S/C14H21F2NO2S/c1-17-13-6-3-9(7-14(13)20(2,18)19)11-5-4-10(15)8-12(11)16/h9-14H,3-8H2,2H3. The number of sulfone groups is 1. The molecular weight excluding hydrogens is 284 g/mol. The molecule has 6 heteroatoms. The summed E-state index contributed by atoms with van der Waals surface area (Å²) in [4.78, 5) is 3.42. The zero-order valence-electron chi connectivity index (χ0n) is 11.6. The molecule has 2 saturated carbocycles. The summed E-state index contributed by atoms with van der Waals surface area (Å²) in [6, 6.07) is -0.503. The highest BCUT2D eigenvalue weighted by atomic mass is 32.2. The van der Waals surface area contributed by atoms with Crippen LogP contribution in [0.2, 0.25) is 0 Å². The monoisotopic (exact) mass is 305 g/mol. The van der Waals surface area contributed by atoms with E-state index in [9.17, 15) is 17.2 Å². The molecule has 0 radical (unpaired) electrons. The van der Waals surface area contributed by atoms with Gasteiger partial charge in [0.15, 0.2) is 9.84 Å². The zero-order valence-corrected chi connectivity index (χ0v) is 12.5. The van der Waals surface area contributed by atoms with Gasteiger partial charge in [0, 0.05) is 19.1 Å². The normalized spacial score (nSPS) is 42.9. The summed E-state index contributed by atoms with van der Waals surface area (Å²) in [6.45, 7) is 7.12. The number of hydrogen-bond donors (Lipinski definition) is 0. The fraction of sp³-hybridized carbons (Fsp3) is 0.929. The lowest BCUT2D eigenvalue weighted by Gasteiger charge is -2.38. The molecule has 0 aromatic heterocycles. The molecule has 0 bridgehead atoms. The van der Waals surface area contributed by atoms with Gasteiger partial charge in [0.2, 0.25) is 6.04 Å². The third-order valence-corrected chi connectivity index (χ3v) is 6.48. The first-order valence-electron chi connectivity index (χ1n) is 7.16. The molecule has 6 unspecified atom stereocenters. The number of rotatable bonds is 2. The maximum absolute atomic E-state index is 14.0. The predicted molar refractivity (Wildman–Crippen MR) is 73.5 cm³/mol. The highest BCUT2D eigenvalue weighted by Gasteiger charge is 2.45. The maximum atomic E-state index is 14.0. The Morgan fingerprint density at radius 1 is 1.10 bits per heavy atom. The van der Waals surface area contributed by atoms with Gasteiger partial charge >= 0.3 is 0 Å². The van der Waals surface area contributed by atoms with Gasteiger partial charge in [0.1, 0.15) is 17.6 Å². The third kappa shape index (κ3) is 3.30. The summed E-state index contributed by atoms with van der Waals surface area (Å²) in [5.41, 5.74) is 0.